The van der Waals surface area contributed by atoms with E-state index in [4.69, 9.17) is 5.26 Å². The summed E-state index contributed by atoms with van der Waals surface area (Å²) in [6.45, 7) is 2.87. The number of nitrogens with zero attached hydrogens (tertiary/aromatic N) is 2. The van der Waals surface area contributed by atoms with Gasteiger partial charge in [0.05, 0.1) is 23.9 Å². The molecular weight excluding hydrogens is 268 g/mol. The molecule has 4 heteroatoms. The lowest BCUT2D eigenvalue weighted by atomic mass is 10.2. The lowest BCUT2D eigenvalue weighted by Crippen LogP contribution is -2.30. The van der Waals surface area contributed by atoms with Gasteiger partial charge in [-0.25, -0.2) is 0 Å². The first-order valence-corrected chi connectivity index (χ1v) is 7.29. The molecule has 0 bridgehead atoms. The third-order valence-electron chi connectivity index (χ3n) is 2.96. The average Bonchev–Trinajstić information content (AvgIpc) is 2.91. The predicted molar refractivity (Wildman–Crippen MR) is 82.3 cm³/mol. The molecule has 102 valence electrons. The van der Waals surface area contributed by atoms with E-state index >= 15 is 0 Å². The molecule has 2 rings (SSSR count). The first kappa shape index (κ1) is 14.3. The van der Waals surface area contributed by atoms with Crippen molar-refractivity contribution in [1.29, 1.82) is 5.26 Å². The number of nitriles is 1. The molecule has 0 atom stereocenters. The summed E-state index contributed by atoms with van der Waals surface area (Å²) in [5.74, 6) is 0.102. The van der Waals surface area contributed by atoms with Gasteiger partial charge in [-0.3, -0.25) is 4.79 Å². The second kappa shape index (κ2) is 6.88. The Morgan fingerprint density at radius 2 is 2.00 bits per heavy atom. The van der Waals surface area contributed by atoms with E-state index in [-0.39, 0.29) is 5.78 Å². The molecule has 0 radical (unpaired) electrons. The molecule has 0 aliphatic rings. The Kier molecular flexibility index (Phi) is 4.91. The molecule has 0 amide bonds. The maximum absolute atomic E-state index is 12.3. The lowest BCUT2D eigenvalue weighted by Gasteiger charge is -2.22. The van der Waals surface area contributed by atoms with Gasteiger partial charge in [0.15, 0.2) is 5.78 Å². The summed E-state index contributed by atoms with van der Waals surface area (Å²) in [4.78, 5) is 16.2. The third kappa shape index (κ3) is 3.69. The zero-order valence-corrected chi connectivity index (χ0v) is 12.2. The van der Waals surface area contributed by atoms with E-state index in [1.54, 1.807) is 0 Å². The van der Waals surface area contributed by atoms with Crippen LogP contribution in [0.2, 0.25) is 0 Å². The zero-order chi connectivity index (χ0) is 14.4. The Morgan fingerprint density at radius 3 is 2.60 bits per heavy atom. The molecule has 0 saturated carbocycles. The minimum atomic E-state index is 0.102. The highest BCUT2D eigenvalue weighted by molar-refractivity contribution is 7.14. The van der Waals surface area contributed by atoms with Crippen LogP contribution in [0.1, 0.15) is 21.0 Å². The number of rotatable bonds is 6. The number of anilines is 1. The van der Waals surface area contributed by atoms with Crippen molar-refractivity contribution in [2.75, 3.05) is 18.0 Å². The lowest BCUT2D eigenvalue weighted by molar-refractivity contribution is 0.100. The van der Waals surface area contributed by atoms with E-state index < -0.39 is 0 Å². The molecule has 0 unspecified atom stereocenters. The van der Waals surface area contributed by atoms with E-state index in [0.717, 1.165) is 15.4 Å². The first-order valence-electron chi connectivity index (χ1n) is 6.47. The van der Waals surface area contributed by atoms with Crippen LogP contribution >= 0.6 is 11.3 Å². The monoisotopic (exact) mass is 284 g/mol. The standard InChI is InChI=1S/C16H16N2OS/c1-13-8-9-16(20-13)15(19)12-18(11-5-10-17)14-6-3-2-4-7-14/h2-4,6-9H,5,11-12H2,1H3. The first-order chi connectivity index (χ1) is 9.70. The molecule has 0 fully saturated rings. The number of thiophene rings is 1. The minimum absolute atomic E-state index is 0.102. The summed E-state index contributed by atoms with van der Waals surface area (Å²) in [5.41, 5.74) is 0.976. The predicted octanol–water partition coefficient (Wildman–Crippen LogP) is 3.66. The van der Waals surface area contributed by atoms with Crippen molar-refractivity contribution in [3.05, 3.63) is 52.2 Å². The van der Waals surface area contributed by atoms with Crippen LogP contribution < -0.4 is 4.90 Å². The van der Waals surface area contributed by atoms with Gasteiger partial charge in [0.1, 0.15) is 0 Å². The highest BCUT2D eigenvalue weighted by Gasteiger charge is 2.14. The quantitative estimate of drug-likeness (QED) is 0.760. The molecule has 0 saturated heterocycles. The molecule has 0 aliphatic heterocycles. The van der Waals surface area contributed by atoms with Crippen LogP contribution in [0.15, 0.2) is 42.5 Å². The van der Waals surface area contributed by atoms with Crippen LogP contribution in [0.3, 0.4) is 0 Å². The van der Waals surface area contributed by atoms with Crippen molar-refractivity contribution < 1.29 is 4.79 Å². The molecule has 1 aromatic carbocycles. The summed E-state index contributed by atoms with van der Waals surface area (Å²) in [6, 6.07) is 15.7. The second-order valence-corrected chi connectivity index (χ2v) is 5.79. The molecule has 1 aromatic heterocycles. The van der Waals surface area contributed by atoms with Gasteiger partial charge in [-0.05, 0) is 31.2 Å². The number of benzene rings is 1. The van der Waals surface area contributed by atoms with Gasteiger partial charge >= 0.3 is 0 Å². The smallest absolute Gasteiger partial charge is 0.191 e. The summed E-state index contributed by atoms with van der Waals surface area (Å²) in [7, 11) is 0. The Labute approximate surface area is 123 Å². The molecule has 0 N–H and O–H groups in total. The molecule has 20 heavy (non-hydrogen) atoms. The minimum Gasteiger partial charge on any atom is -0.363 e. The summed E-state index contributed by atoms with van der Waals surface area (Å²) in [6.07, 6.45) is 0.408. The number of Topliss-reactive ketones (excluding diaryl/α,β-unsaturated/α-hetero) is 1. The Bertz CT molecular complexity index is 613. The summed E-state index contributed by atoms with van der Waals surface area (Å²) < 4.78 is 0. The van der Waals surface area contributed by atoms with Gasteiger partial charge in [-0.2, -0.15) is 5.26 Å². The maximum Gasteiger partial charge on any atom is 0.191 e. The van der Waals surface area contributed by atoms with E-state index in [1.165, 1.54) is 11.3 Å². The number of carbonyl (C=O) groups is 1. The summed E-state index contributed by atoms with van der Waals surface area (Å²) in [5, 5.41) is 8.76. The van der Waals surface area contributed by atoms with Crippen LogP contribution in [0.4, 0.5) is 5.69 Å². The van der Waals surface area contributed by atoms with Gasteiger partial charge in [0.25, 0.3) is 0 Å². The van der Waals surface area contributed by atoms with E-state index in [0.29, 0.717) is 19.5 Å². The van der Waals surface area contributed by atoms with Crippen molar-refractivity contribution in [2.45, 2.75) is 13.3 Å². The van der Waals surface area contributed by atoms with E-state index in [9.17, 15) is 4.79 Å². The Morgan fingerprint density at radius 1 is 1.25 bits per heavy atom. The normalized spacial score (nSPS) is 10.0. The number of ketones is 1. The molecule has 3 nitrogen and oxygen atoms in total. The van der Waals surface area contributed by atoms with Crippen LogP contribution in [0.25, 0.3) is 0 Å². The summed E-state index contributed by atoms with van der Waals surface area (Å²) >= 11 is 1.52. The largest absolute Gasteiger partial charge is 0.363 e. The van der Waals surface area contributed by atoms with Crippen molar-refractivity contribution in [3.63, 3.8) is 0 Å². The number of hydrogen-bond acceptors (Lipinski definition) is 4. The SMILES string of the molecule is Cc1ccc(C(=O)CN(CCC#N)c2ccccc2)s1. The fourth-order valence-electron chi connectivity index (χ4n) is 1.96. The van der Waals surface area contributed by atoms with Crippen LogP contribution in [-0.2, 0) is 0 Å². The molecule has 0 spiro atoms. The maximum atomic E-state index is 12.3. The van der Waals surface area contributed by atoms with Gasteiger partial charge in [-0.15, -0.1) is 11.3 Å². The van der Waals surface area contributed by atoms with Crippen LogP contribution in [0.5, 0.6) is 0 Å². The highest BCUT2D eigenvalue weighted by Crippen LogP contribution is 2.19. The topological polar surface area (TPSA) is 44.1 Å². The highest BCUT2D eigenvalue weighted by atomic mass is 32.1. The van der Waals surface area contributed by atoms with Crippen molar-refractivity contribution in [1.82, 2.24) is 0 Å². The van der Waals surface area contributed by atoms with Crippen LogP contribution in [-0.4, -0.2) is 18.9 Å². The van der Waals surface area contributed by atoms with E-state index in [1.807, 2.05) is 54.3 Å². The van der Waals surface area contributed by atoms with Gasteiger partial charge < -0.3 is 4.90 Å². The fraction of sp³-hybridized carbons (Fsp3) is 0.250. The van der Waals surface area contributed by atoms with E-state index in [2.05, 4.69) is 6.07 Å². The molecule has 0 aliphatic carbocycles. The Hall–Kier alpha value is -2.12. The number of aryl methyl sites for hydroxylation is 1. The number of carbonyl (C=O) groups excluding carboxylic acids is 1. The van der Waals surface area contributed by atoms with Crippen molar-refractivity contribution in [3.8, 4) is 6.07 Å². The van der Waals surface area contributed by atoms with Gasteiger partial charge in [0, 0.05) is 17.1 Å². The zero-order valence-electron chi connectivity index (χ0n) is 11.4. The number of para-hydroxylation sites is 1. The van der Waals surface area contributed by atoms with Gasteiger partial charge in [0.2, 0.25) is 0 Å². The van der Waals surface area contributed by atoms with Crippen LogP contribution in [0, 0.1) is 18.3 Å². The number of hydrogen-bond donors (Lipinski definition) is 0. The molecule has 2 aromatic rings. The third-order valence-corrected chi connectivity index (χ3v) is 4.01. The molecule has 1 heterocycles. The van der Waals surface area contributed by atoms with Crippen molar-refractivity contribution >= 4 is 22.8 Å². The fourth-order valence-corrected chi connectivity index (χ4v) is 2.76. The van der Waals surface area contributed by atoms with Crippen molar-refractivity contribution in [2.24, 2.45) is 0 Å². The average molecular weight is 284 g/mol. The molecular formula is C16H16N2OS. The van der Waals surface area contributed by atoms with Gasteiger partial charge in [-0.1, -0.05) is 18.2 Å². The Balaban J connectivity index is 2.12. The second-order valence-electron chi connectivity index (χ2n) is 4.50.